The molecule has 0 heterocycles. The van der Waals surface area contributed by atoms with Gasteiger partial charge in [0.2, 0.25) is 0 Å². The van der Waals surface area contributed by atoms with Crippen LogP contribution in [0, 0.1) is 0 Å². The molecule has 0 aliphatic rings. The molecule has 0 fully saturated rings. The zero-order chi connectivity index (χ0) is 8.91. The molecule has 0 rings (SSSR count). The number of sulfone groups is 1. The molecule has 1 atom stereocenters. The van der Waals surface area contributed by atoms with Gasteiger partial charge in [-0.25, -0.2) is 12.8 Å². The van der Waals surface area contributed by atoms with Gasteiger partial charge < -0.3 is 5.73 Å². The van der Waals surface area contributed by atoms with E-state index in [4.69, 9.17) is 5.73 Å². The first-order valence-electron chi connectivity index (χ1n) is 3.52. The Bertz CT molecular complexity index is 189. The minimum atomic E-state index is -3.09. The first-order chi connectivity index (χ1) is 4.98. The van der Waals surface area contributed by atoms with Crippen LogP contribution in [0.1, 0.15) is 13.3 Å². The van der Waals surface area contributed by atoms with Crippen LogP contribution in [0.3, 0.4) is 0 Å². The number of rotatable bonds is 5. The van der Waals surface area contributed by atoms with Gasteiger partial charge in [-0.3, -0.25) is 0 Å². The summed E-state index contributed by atoms with van der Waals surface area (Å²) in [4.78, 5) is 0. The van der Waals surface area contributed by atoms with Gasteiger partial charge in [-0.2, -0.15) is 0 Å². The fourth-order valence-corrected chi connectivity index (χ4v) is 1.87. The molecule has 0 bridgehead atoms. The Hall–Kier alpha value is -0.160. The van der Waals surface area contributed by atoms with Crippen molar-refractivity contribution in [1.29, 1.82) is 0 Å². The van der Waals surface area contributed by atoms with Gasteiger partial charge in [-0.1, -0.05) is 0 Å². The zero-order valence-corrected chi connectivity index (χ0v) is 7.40. The predicted molar refractivity (Wildman–Crippen MR) is 42.9 cm³/mol. The highest BCUT2D eigenvalue weighted by atomic mass is 32.2. The van der Waals surface area contributed by atoms with Crippen LogP contribution in [-0.2, 0) is 9.84 Å². The zero-order valence-electron chi connectivity index (χ0n) is 6.59. The fraction of sp³-hybridized carbons (Fsp3) is 1.00. The molecule has 0 aliphatic heterocycles. The van der Waals surface area contributed by atoms with E-state index in [-0.39, 0.29) is 24.5 Å². The predicted octanol–water partition coefficient (Wildman–Crippen LogP) is 0.108. The van der Waals surface area contributed by atoms with Crippen LogP contribution < -0.4 is 5.73 Å². The van der Waals surface area contributed by atoms with Crippen LogP contribution in [0.2, 0.25) is 0 Å². The molecule has 2 N–H and O–H groups in total. The van der Waals surface area contributed by atoms with Crippen molar-refractivity contribution in [3.05, 3.63) is 0 Å². The third-order valence-corrected chi connectivity index (χ3v) is 2.97. The lowest BCUT2D eigenvalue weighted by molar-refractivity contribution is 0.352. The second-order valence-corrected chi connectivity index (χ2v) is 4.81. The minimum Gasteiger partial charge on any atom is -0.329 e. The van der Waals surface area contributed by atoms with Gasteiger partial charge in [0.1, 0.15) is 0 Å². The van der Waals surface area contributed by atoms with Crippen LogP contribution >= 0.6 is 0 Å². The number of hydrogen-bond donors (Lipinski definition) is 1. The molecular weight excluding hydrogens is 169 g/mol. The average molecular weight is 183 g/mol. The summed E-state index contributed by atoms with van der Waals surface area (Å²) in [6.45, 7) is 1.46. The molecule has 5 heteroatoms. The molecule has 0 aromatic rings. The van der Waals surface area contributed by atoms with E-state index in [9.17, 15) is 12.8 Å². The molecule has 1 unspecified atom stereocenters. The molecule has 0 saturated heterocycles. The van der Waals surface area contributed by atoms with E-state index < -0.39 is 16.0 Å². The van der Waals surface area contributed by atoms with Crippen molar-refractivity contribution < 1.29 is 12.8 Å². The molecular formula is C6H14FNO2S. The molecule has 0 aromatic heterocycles. The van der Waals surface area contributed by atoms with E-state index >= 15 is 0 Å². The summed E-state index contributed by atoms with van der Waals surface area (Å²) in [5.74, 6) is -0.137. The Kier molecular flexibility index (Phi) is 4.60. The molecule has 0 aliphatic carbocycles. The summed E-state index contributed by atoms with van der Waals surface area (Å²) >= 11 is 0. The van der Waals surface area contributed by atoms with E-state index in [2.05, 4.69) is 0 Å². The van der Waals surface area contributed by atoms with Crippen molar-refractivity contribution in [1.82, 2.24) is 0 Å². The van der Waals surface area contributed by atoms with Gasteiger partial charge in [0.25, 0.3) is 0 Å². The Morgan fingerprint density at radius 2 is 2.00 bits per heavy atom. The highest BCUT2D eigenvalue weighted by Crippen LogP contribution is 2.00. The van der Waals surface area contributed by atoms with Crippen LogP contribution in [0.15, 0.2) is 0 Å². The van der Waals surface area contributed by atoms with E-state index in [1.165, 1.54) is 6.92 Å². The highest BCUT2D eigenvalue weighted by molar-refractivity contribution is 7.91. The van der Waals surface area contributed by atoms with Crippen molar-refractivity contribution in [2.45, 2.75) is 19.5 Å². The lowest BCUT2D eigenvalue weighted by Crippen LogP contribution is -2.19. The molecule has 0 spiro atoms. The smallest absolute Gasteiger partial charge is 0.151 e. The molecule has 3 nitrogen and oxygen atoms in total. The quantitative estimate of drug-likeness (QED) is 0.658. The van der Waals surface area contributed by atoms with Gasteiger partial charge >= 0.3 is 0 Å². The van der Waals surface area contributed by atoms with Gasteiger partial charge in [-0.15, -0.1) is 0 Å². The van der Waals surface area contributed by atoms with Gasteiger partial charge in [0.15, 0.2) is 9.84 Å². The van der Waals surface area contributed by atoms with Crippen LogP contribution in [0.5, 0.6) is 0 Å². The lowest BCUT2D eigenvalue weighted by Gasteiger charge is -2.02. The highest BCUT2D eigenvalue weighted by Gasteiger charge is 2.10. The van der Waals surface area contributed by atoms with Crippen molar-refractivity contribution >= 4 is 9.84 Å². The molecule has 0 aromatic carbocycles. The Labute approximate surface area is 66.7 Å². The van der Waals surface area contributed by atoms with Crippen molar-refractivity contribution in [2.75, 3.05) is 18.1 Å². The third-order valence-electron chi connectivity index (χ3n) is 1.26. The molecule has 68 valence electrons. The molecule has 0 saturated carbocycles. The molecule has 0 radical (unpaired) electrons. The standard InChI is InChI=1S/C6H14FNO2S/c1-6(7)2-4-11(9,10)5-3-8/h6H,2-5,8H2,1H3. The second kappa shape index (κ2) is 4.66. The maximum atomic E-state index is 12.2. The largest absolute Gasteiger partial charge is 0.329 e. The first kappa shape index (κ1) is 10.8. The van der Waals surface area contributed by atoms with E-state index in [0.717, 1.165) is 0 Å². The summed E-state index contributed by atoms with van der Waals surface area (Å²) in [6, 6.07) is 0. The summed E-state index contributed by atoms with van der Waals surface area (Å²) in [5, 5.41) is 0. The monoisotopic (exact) mass is 183 g/mol. The molecule has 11 heavy (non-hydrogen) atoms. The van der Waals surface area contributed by atoms with Crippen LogP contribution in [0.4, 0.5) is 4.39 Å². The second-order valence-electron chi connectivity index (χ2n) is 2.51. The minimum absolute atomic E-state index is 0.0419. The fourth-order valence-electron chi connectivity index (χ4n) is 0.624. The summed E-state index contributed by atoms with van der Waals surface area (Å²) in [6.07, 6.45) is -0.981. The van der Waals surface area contributed by atoms with E-state index in [1.54, 1.807) is 0 Å². The first-order valence-corrected chi connectivity index (χ1v) is 5.34. The third kappa shape index (κ3) is 6.25. The Balaban J connectivity index is 3.74. The van der Waals surface area contributed by atoms with Crippen LogP contribution in [0.25, 0.3) is 0 Å². The summed E-state index contributed by atoms with van der Waals surface area (Å²) in [7, 11) is -3.09. The molecule has 0 amide bonds. The Morgan fingerprint density at radius 1 is 1.45 bits per heavy atom. The van der Waals surface area contributed by atoms with Crippen LogP contribution in [-0.4, -0.2) is 32.6 Å². The topological polar surface area (TPSA) is 60.2 Å². The van der Waals surface area contributed by atoms with Gasteiger partial charge in [0.05, 0.1) is 17.7 Å². The Morgan fingerprint density at radius 3 is 2.36 bits per heavy atom. The summed E-state index contributed by atoms with van der Waals surface area (Å²) in [5.41, 5.74) is 5.05. The normalized spacial score (nSPS) is 14.8. The number of nitrogens with two attached hydrogens (primary N) is 1. The number of halogens is 1. The van der Waals surface area contributed by atoms with Gasteiger partial charge in [0, 0.05) is 6.54 Å². The lowest BCUT2D eigenvalue weighted by atomic mass is 10.3. The van der Waals surface area contributed by atoms with Crippen molar-refractivity contribution in [3.8, 4) is 0 Å². The van der Waals surface area contributed by atoms with Crippen molar-refractivity contribution in [2.24, 2.45) is 5.73 Å². The van der Waals surface area contributed by atoms with Crippen molar-refractivity contribution in [3.63, 3.8) is 0 Å². The average Bonchev–Trinajstić information content (AvgIpc) is 1.84. The number of hydrogen-bond acceptors (Lipinski definition) is 3. The SMILES string of the molecule is CC(F)CCS(=O)(=O)CCN. The van der Waals surface area contributed by atoms with Gasteiger partial charge in [-0.05, 0) is 13.3 Å². The number of alkyl halides is 1. The van der Waals surface area contributed by atoms with E-state index in [1.807, 2.05) is 0 Å². The maximum absolute atomic E-state index is 12.2. The maximum Gasteiger partial charge on any atom is 0.151 e. The van der Waals surface area contributed by atoms with E-state index in [0.29, 0.717) is 0 Å². The summed E-state index contributed by atoms with van der Waals surface area (Å²) < 4.78 is 34.0.